The van der Waals surface area contributed by atoms with Crippen LogP contribution in [-0.4, -0.2) is 8.42 Å². The summed E-state index contributed by atoms with van der Waals surface area (Å²) >= 11 is 12.1. The van der Waals surface area contributed by atoms with Gasteiger partial charge in [0.15, 0.2) is 9.79 Å². The molecule has 0 N–H and O–H groups in total. The van der Waals surface area contributed by atoms with Gasteiger partial charge in [-0.25, -0.2) is 18.0 Å². The Bertz CT molecular complexity index is 1450. The van der Waals surface area contributed by atoms with E-state index in [1.807, 2.05) is 0 Å². The summed E-state index contributed by atoms with van der Waals surface area (Å²) in [6.07, 6.45) is 0. The van der Waals surface area contributed by atoms with Crippen molar-refractivity contribution in [1.29, 1.82) is 0 Å². The first-order valence-corrected chi connectivity index (χ1v) is 9.73. The zero-order valence-electron chi connectivity index (χ0n) is 13.2. The minimum absolute atomic E-state index is 0.128. The maximum Gasteiger partial charge on any atom is 0.357 e. The van der Waals surface area contributed by atoms with E-state index >= 15 is 0 Å². The molecule has 0 unspecified atom stereocenters. The molecule has 0 radical (unpaired) electrons. The third kappa shape index (κ3) is 2.84. The van der Waals surface area contributed by atoms with E-state index in [0.29, 0.717) is 5.02 Å². The molecule has 2 aromatic heterocycles. The van der Waals surface area contributed by atoms with Crippen molar-refractivity contribution in [2.24, 2.45) is 0 Å². The van der Waals surface area contributed by atoms with Crippen LogP contribution in [0.1, 0.15) is 0 Å². The van der Waals surface area contributed by atoms with E-state index in [9.17, 15) is 18.0 Å². The minimum Gasteiger partial charge on any atom is -0.422 e. The molecule has 9 heteroatoms. The predicted molar refractivity (Wildman–Crippen MR) is 100 cm³/mol. The molecule has 2 heterocycles. The lowest BCUT2D eigenvalue weighted by molar-refractivity contribution is 0.521. The van der Waals surface area contributed by atoms with Gasteiger partial charge < -0.3 is 8.83 Å². The molecule has 0 aliphatic carbocycles. The van der Waals surface area contributed by atoms with Crippen LogP contribution in [0.3, 0.4) is 0 Å². The number of hydrogen-bond donors (Lipinski definition) is 0. The lowest BCUT2D eigenvalue weighted by atomic mass is 10.2. The Morgan fingerprint density at radius 2 is 1.52 bits per heavy atom. The van der Waals surface area contributed by atoms with Crippen LogP contribution in [0.15, 0.2) is 76.7 Å². The molecule has 0 fully saturated rings. The van der Waals surface area contributed by atoms with Crippen LogP contribution in [0.25, 0.3) is 21.9 Å². The van der Waals surface area contributed by atoms with Crippen molar-refractivity contribution in [3.05, 3.63) is 79.4 Å². The molecular formula is C18H8Cl2O6S. The summed E-state index contributed by atoms with van der Waals surface area (Å²) in [5, 5.41) is 0.503. The summed E-state index contributed by atoms with van der Waals surface area (Å²) < 4.78 is 36.2. The summed E-state index contributed by atoms with van der Waals surface area (Å²) in [6, 6.07) is 11.7. The molecule has 0 atom stereocenters. The molecule has 0 spiro atoms. The van der Waals surface area contributed by atoms with Crippen LogP contribution in [0, 0.1) is 0 Å². The van der Waals surface area contributed by atoms with Gasteiger partial charge in [0.05, 0.1) is 5.02 Å². The second-order valence-electron chi connectivity index (χ2n) is 5.61. The number of hydrogen-bond acceptors (Lipinski definition) is 6. The third-order valence-electron chi connectivity index (χ3n) is 3.93. The van der Waals surface area contributed by atoms with Crippen molar-refractivity contribution in [2.45, 2.75) is 9.79 Å². The average Bonchev–Trinajstić information content (AvgIpc) is 2.61. The van der Waals surface area contributed by atoms with E-state index in [0.717, 1.165) is 6.07 Å². The zero-order valence-corrected chi connectivity index (χ0v) is 15.6. The molecule has 0 aliphatic heterocycles. The van der Waals surface area contributed by atoms with Crippen LogP contribution in [0.5, 0.6) is 0 Å². The van der Waals surface area contributed by atoms with E-state index in [4.69, 9.17) is 32.0 Å². The summed E-state index contributed by atoms with van der Waals surface area (Å²) in [4.78, 5) is 23.0. The van der Waals surface area contributed by atoms with E-state index in [-0.39, 0.29) is 27.0 Å². The highest BCUT2D eigenvalue weighted by atomic mass is 35.5. The monoisotopic (exact) mass is 422 g/mol. The number of sulfone groups is 1. The summed E-state index contributed by atoms with van der Waals surface area (Å²) in [5.74, 6) is 0. The molecule has 2 aromatic carbocycles. The van der Waals surface area contributed by atoms with Crippen LogP contribution in [0.2, 0.25) is 10.0 Å². The molecule has 0 amide bonds. The SMILES string of the molecule is O=c1oc2ccc(Cl)cc2cc1S(=O)(=O)c1c(Cl)c2ccccc2oc1=O. The fourth-order valence-electron chi connectivity index (χ4n) is 2.70. The average molecular weight is 423 g/mol. The molecule has 4 rings (SSSR count). The molecule has 136 valence electrons. The number of para-hydroxylation sites is 1. The first-order valence-electron chi connectivity index (χ1n) is 7.49. The van der Waals surface area contributed by atoms with Crippen LogP contribution >= 0.6 is 23.2 Å². The molecule has 4 aromatic rings. The Morgan fingerprint density at radius 3 is 2.30 bits per heavy atom. The second kappa shape index (κ2) is 6.23. The van der Waals surface area contributed by atoms with Gasteiger partial charge in [0.25, 0.3) is 0 Å². The molecular weight excluding hydrogens is 415 g/mol. The number of halogens is 2. The van der Waals surface area contributed by atoms with Crippen molar-refractivity contribution in [3.63, 3.8) is 0 Å². The van der Waals surface area contributed by atoms with Crippen LogP contribution in [-0.2, 0) is 9.84 Å². The molecule has 0 saturated carbocycles. The molecule has 6 nitrogen and oxygen atoms in total. The lowest BCUT2D eigenvalue weighted by Crippen LogP contribution is -2.21. The smallest absolute Gasteiger partial charge is 0.357 e. The Kier molecular flexibility index (Phi) is 4.10. The topological polar surface area (TPSA) is 94.6 Å². The first-order chi connectivity index (χ1) is 12.8. The van der Waals surface area contributed by atoms with Gasteiger partial charge in [0, 0.05) is 15.8 Å². The highest BCUT2D eigenvalue weighted by molar-refractivity contribution is 7.91. The Morgan fingerprint density at radius 1 is 0.815 bits per heavy atom. The fraction of sp³-hybridized carbons (Fsp3) is 0. The Labute approximate surface area is 161 Å². The largest absolute Gasteiger partial charge is 0.422 e. The van der Waals surface area contributed by atoms with Crippen LogP contribution in [0.4, 0.5) is 0 Å². The highest BCUT2D eigenvalue weighted by Crippen LogP contribution is 2.31. The summed E-state index contributed by atoms with van der Waals surface area (Å²) in [6.45, 7) is 0. The fourth-order valence-corrected chi connectivity index (χ4v) is 4.78. The van der Waals surface area contributed by atoms with E-state index < -0.39 is 30.9 Å². The second-order valence-corrected chi connectivity index (χ2v) is 8.28. The molecule has 0 saturated heterocycles. The van der Waals surface area contributed by atoms with Gasteiger partial charge in [0.1, 0.15) is 11.2 Å². The lowest BCUT2D eigenvalue weighted by Gasteiger charge is -2.07. The Balaban J connectivity index is 2.07. The van der Waals surface area contributed by atoms with Gasteiger partial charge in [-0.3, -0.25) is 0 Å². The number of fused-ring (bicyclic) bond motifs is 2. The predicted octanol–water partition coefficient (Wildman–Crippen LogP) is 4.04. The van der Waals surface area contributed by atoms with Gasteiger partial charge in [-0.05, 0) is 36.4 Å². The summed E-state index contributed by atoms with van der Waals surface area (Å²) in [5.41, 5.74) is -2.03. The number of rotatable bonds is 2. The zero-order chi connectivity index (χ0) is 19.3. The summed E-state index contributed by atoms with van der Waals surface area (Å²) in [7, 11) is -4.61. The highest BCUT2D eigenvalue weighted by Gasteiger charge is 2.31. The standard InChI is InChI=1S/C18H8Cl2O6S/c19-10-5-6-12-9(7-10)8-14(17(21)25-12)27(23,24)16-15(20)11-3-1-2-4-13(11)26-18(16)22/h1-8H. The normalized spacial score (nSPS) is 11.9. The third-order valence-corrected chi connectivity index (χ3v) is 6.44. The van der Waals surface area contributed by atoms with Crippen molar-refractivity contribution < 1.29 is 17.3 Å². The van der Waals surface area contributed by atoms with E-state index in [2.05, 4.69) is 0 Å². The molecule has 27 heavy (non-hydrogen) atoms. The van der Waals surface area contributed by atoms with Crippen molar-refractivity contribution >= 4 is 55.0 Å². The maximum absolute atomic E-state index is 13.0. The quantitative estimate of drug-likeness (QED) is 0.452. The van der Waals surface area contributed by atoms with Crippen molar-refractivity contribution in [3.8, 4) is 0 Å². The van der Waals surface area contributed by atoms with Gasteiger partial charge in [-0.2, -0.15) is 0 Å². The maximum atomic E-state index is 13.0. The van der Waals surface area contributed by atoms with Crippen molar-refractivity contribution in [2.75, 3.05) is 0 Å². The van der Waals surface area contributed by atoms with Gasteiger partial charge in [0.2, 0.25) is 9.84 Å². The number of benzene rings is 2. The molecule has 0 aliphatic rings. The minimum atomic E-state index is -4.61. The van der Waals surface area contributed by atoms with Gasteiger partial charge >= 0.3 is 11.3 Å². The van der Waals surface area contributed by atoms with E-state index in [1.54, 1.807) is 12.1 Å². The Hall–Kier alpha value is -2.61. The van der Waals surface area contributed by atoms with Gasteiger partial charge in [-0.15, -0.1) is 0 Å². The molecule has 0 bridgehead atoms. The van der Waals surface area contributed by atoms with E-state index in [1.165, 1.54) is 30.3 Å². The van der Waals surface area contributed by atoms with Gasteiger partial charge in [-0.1, -0.05) is 35.3 Å². The van der Waals surface area contributed by atoms with Crippen molar-refractivity contribution in [1.82, 2.24) is 0 Å². The first kappa shape index (κ1) is 17.8. The van der Waals surface area contributed by atoms with Crippen LogP contribution < -0.4 is 11.3 Å².